The highest BCUT2D eigenvalue weighted by atomic mass is 35.5. The smallest absolute Gasteiger partial charge is 0.0923 e. The maximum Gasteiger partial charge on any atom is 0.0923 e. The number of aromatic amines is 1. The summed E-state index contributed by atoms with van der Waals surface area (Å²) in [5, 5.41) is 2.88. The number of rotatable bonds is 1. The molecule has 0 spiro atoms. The van der Waals surface area contributed by atoms with Crippen molar-refractivity contribution in [1.29, 1.82) is 0 Å². The first kappa shape index (κ1) is 11.4. The van der Waals surface area contributed by atoms with Gasteiger partial charge in [-0.05, 0) is 18.2 Å². The Labute approximate surface area is 120 Å². The second-order valence-corrected chi connectivity index (χ2v) is 5.03. The molecule has 0 bridgehead atoms. The maximum atomic E-state index is 6.33. The predicted molar refractivity (Wildman–Crippen MR) is 81.8 cm³/mol. The number of benzene rings is 2. The van der Waals surface area contributed by atoms with E-state index in [2.05, 4.69) is 21.0 Å². The van der Waals surface area contributed by atoms with Crippen LogP contribution < -0.4 is 0 Å². The van der Waals surface area contributed by atoms with Gasteiger partial charge in [0.05, 0.1) is 11.8 Å². The lowest BCUT2D eigenvalue weighted by atomic mass is 10.0. The van der Waals surface area contributed by atoms with E-state index in [4.69, 9.17) is 11.6 Å². The van der Waals surface area contributed by atoms with Crippen LogP contribution in [0.25, 0.3) is 32.9 Å². The molecule has 4 heteroatoms. The van der Waals surface area contributed by atoms with Crippen molar-refractivity contribution in [2.45, 2.75) is 0 Å². The second kappa shape index (κ2) is 4.32. The van der Waals surface area contributed by atoms with Crippen LogP contribution in [0.15, 0.2) is 55.1 Å². The summed E-state index contributed by atoms with van der Waals surface area (Å²) in [4.78, 5) is 11.8. The second-order valence-electron chi connectivity index (χ2n) is 4.62. The predicted octanol–water partition coefficient (Wildman–Crippen LogP) is 4.43. The summed E-state index contributed by atoms with van der Waals surface area (Å²) < 4.78 is 0. The summed E-state index contributed by atoms with van der Waals surface area (Å²) in [6.07, 6.45) is 5.35. The van der Waals surface area contributed by atoms with Crippen LogP contribution in [-0.2, 0) is 0 Å². The number of H-pyrrole nitrogens is 1. The van der Waals surface area contributed by atoms with Gasteiger partial charge in [-0.15, -0.1) is 0 Å². The van der Waals surface area contributed by atoms with E-state index in [0.29, 0.717) is 0 Å². The summed E-state index contributed by atoms with van der Waals surface area (Å²) in [6.45, 7) is 0. The summed E-state index contributed by atoms with van der Waals surface area (Å²) in [5.41, 5.74) is 4.00. The van der Waals surface area contributed by atoms with Crippen molar-refractivity contribution in [3.63, 3.8) is 0 Å². The first-order valence-corrected chi connectivity index (χ1v) is 6.67. The SMILES string of the molecule is Clc1ccccc1-c1cc2[nH]cncc2c2ccnc12. The van der Waals surface area contributed by atoms with Crippen LogP contribution in [0.3, 0.4) is 0 Å². The molecule has 0 unspecified atom stereocenters. The number of hydrogen-bond acceptors (Lipinski definition) is 2. The zero-order valence-corrected chi connectivity index (χ0v) is 11.2. The van der Waals surface area contributed by atoms with Gasteiger partial charge < -0.3 is 4.98 Å². The maximum absolute atomic E-state index is 6.33. The lowest BCUT2D eigenvalue weighted by molar-refractivity contribution is 1.23. The summed E-state index contributed by atoms with van der Waals surface area (Å²) >= 11 is 6.33. The number of nitrogens with one attached hydrogen (secondary N) is 1. The van der Waals surface area contributed by atoms with E-state index >= 15 is 0 Å². The minimum Gasteiger partial charge on any atom is -0.346 e. The number of hydrogen-bond donors (Lipinski definition) is 1. The number of fused-ring (bicyclic) bond motifs is 3. The first-order chi connectivity index (χ1) is 9.84. The summed E-state index contributed by atoms with van der Waals surface area (Å²) in [6, 6.07) is 11.9. The van der Waals surface area contributed by atoms with Gasteiger partial charge in [0.15, 0.2) is 0 Å². The Hall–Kier alpha value is -2.39. The highest BCUT2D eigenvalue weighted by Gasteiger charge is 2.12. The van der Waals surface area contributed by atoms with Crippen molar-refractivity contribution >= 4 is 33.4 Å². The summed E-state index contributed by atoms with van der Waals surface area (Å²) in [7, 11) is 0. The van der Waals surface area contributed by atoms with Gasteiger partial charge >= 0.3 is 0 Å². The highest BCUT2D eigenvalue weighted by molar-refractivity contribution is 6.34. The van der Waals surface area contributed by atoms with Crippen molar-refractivity contribution < 1.29 is 0 Å². The minimum absolute atomic E-state index is 0.727. The van der Waals surface area contributed by atoms with Gasteiger partial charge in [0.2, 0.25) is 0 Å². The Bertz CT molecular complexity index is 927. The third-order valence-corrected chi connectivity index (χ3v) is 3.82. The van der Waals surface area contributed by atoms with Crippen molar-refractivity contribution in [2.24, 2.45) is 0 Å². The lowest BCUT2D eigenvalue weighted by Crippen LogP contribution is -1.87. The molecule has 2 aromatic heterocycles. The Morgan fingerprint density at radius 3 is 2.80 bits per heavy atom. The van der Waals surface area contributed by atoms with Gasteiger partial charge in [-0.3, -0.25) is 4.98 Å². The molecule has 0 atom stereocenters. The number of halogens is 1. The monoisotopic (exact) mass is 279 g/mol. The van der Waals surface area contributed by atoms with Gasteiger partial charge in [0.25, 0.3) is 0 Å². The average Bonchev–Trinajstić information content (AvgIpc) is 2.97. The number of nitrogens with zero attached hydrogens (tertiary/aromatic N) is 2. The van der Waals surface area contributed by atoms with Gasteiger partial charge in [0.1, 0.15) is 0 Å². The van der Waals surface area contributed by atoms with Crippen molar-refractivity contribution in [2.75, 3.05) is 0 Å². The van der Waals surface area contributed by atoms with E-state index in [-0.39, 0.29) is 0 Å². The van der Waals surface area contributed by atoms with E-state index in [0.717, 1.165) is 38.0 Å². The molecule has 2 heterocycles. The van der Waals surface area contributed by atoms with Crippen molar-refractivity contribution in [3.05, 3.63) is 60.1 Å². The van der Waals surface area contributed by atoms with E-state index < -0.39 is 0 Å². The average molecular weight is 280 g/mol. The standard InChI is InChI=1S/C16H10ClN3/c17-14-4-2-1-3-10(14)12-7-15-13(8-18-9-20-15)11-5-6-19-16(11)12/h1-9H,(H,18,20). The topological polar surface area (TPSA) is 41.6 Å². The molecule has 0 aliphatic heterocycles. The van der Waals surface area contributed by atoms with Gasteiger partial charge in [-0.25, -0.2) is 4.98 Å². The van der Waals surface area contributed by atoms with E-state index in [1.165, 1.54) is 0 Å². The third-order valence-electron chi connectivity index (χ3n) is 3.49. The molecule has 0 saturated heterocycles. The van der Waals surface area contributed by atoms with Gasteiger partial charge in [-0.2, -0.15) is 0 Å². The van der Waals surface area contributed by atoms with Gasteiger partial charge in [-0.1, -0.05) is 29.8 Å². The molecule has 0 aliphatic carbocycles. The van der Waals surface area contributed by atoms with Crippen LogP contribution >= 0.6 is 11.6 Å². The van der Waals surface area contributed by atoms with E-state index in [1.807, 2.05) is 42.7 Å². The van der Waals surface area contributed by atoms with Crippen LogP contribution in [0, 0.1) is 0 Å². The molecule has 4 rings (SSSR count). The molecule has 1 N–H and O–H groups in total. The largest absolute Gasteiger partial charge is 0.346 e. The first-order valence-electron chi connectivity index (χ1n) is 6.29. The Morgan fingerprint density at radius 1 is 1.00 bits per heavy atom. The normalized spacial score (nSPS) is 11.2. The molecule has 2 aromatic carbocycles. The van der Waals surface area contributed by atoms with E-state index in [9.17, 15) is 0 Å². The molecule has 3 nitrogen and oxygen atoms in total. The molecule has 0 aliphatic rings. The molecule has 0 radical (unpaired) electrons. The van der Waals surface area contributed by atoms with Crippen molar-refractivity contribution in [3.8, 4) is 11.1 Å². The zero-order chi connectivity index (χ0) is 13.5. The molecule has 0 amide bonds. The van der Waals surface area contributed by atoms with Crippen LogP contribution in [-0.4, -0.2) is 15.0 Å². The number of aromatic nitrogens is 3. The Balaban J connectivity index is 2.17. The molecule has 0 saturated carbocycles. The Kier molecular flexibility index (Phi) is 2.47. The van der Waals surface area contributed by atoms with Crippen LogP contribution in [0.4, 0.5) is 0 Å². The molecular weight excluding hydrogens is 270 g/mol. The van der Waals surface area contributed by atoms with Crippen LogP contribution in [0.1, 0.15) is 0 Å². The highest BCUT2D eigenvalue weighted by Crippen LogP contribution is 2.36. The molecule has 4 aromatic rings. The fraction of sp³-hybridized carbons (Fsp3) is 0. The van der Waals surface area contributed by atoms with Crippen molar-refractivity contribution in [1.82, 2.24) is 15.0 Å². The zero-order valence-electron chi connectivity index (χ0n) is 10.5. The third kappa shape index (κ3) is 1.60. The molecule has 96 valence electrons. The van der Waals surface area contributed by atoms with Gasteiger partial charge in [0, 0.05) is 44.8 Å². The quantitative estimate of drug-likeness (QED) is 0.560. The lowest BCUT2D eigenvalue weighted by Gasteiger charge is -2.08. The summed E-state index contributed by atoms with van der Waals surface area (Å²) in [5.74, 6) is 0. The molecule has 0 fully saturated rings. The fourth-order valence-corrected chi connectivity index (χ4v) is 2.80. The van der Waals surface area contributed by atoms with E-state index in [1.54, 1.807) is 6.33 Å². The fourth-order valence-electron chi connectivity index (χ4n) is 2.56. The Morgan fingerprint density at radius 2 is 1.90 bits per heavy atom. The molecule has 20 heavy (non-hydrogen) atoms. The van der Waals surface area contributed by atoms with Crippen LogP contribution in [0.2, 0.25) is 5.02 Å². The minimum atomic E-state index is 0.727. The molecular formula is C16H10ClN3. The van der Waals surface area contributed by atoms with Crippen LogP contribution in [0.5, 0.6) is 0 Å².